The summed E-state index contributed by atoms with van der Waals surface area (Å²) in [4.78, 5) is 10.6. The fourth-order valence-electron chi connectivity index (χ4n) is 2.68. The molecule has 0 aromatic heterocycles. The minimum absolute atomic E-state index is 0.152. The van der Waals surface area contributed by atoms with Gasteiger partial charge in [-0.25, -0.2) is 0 Å². The van der Waals surface area contributed by atoms with E-state index in [1.165, 1.54) is 0 Å². The highest BCUT2D eigenvalue weighted by atomic mass is 16.5. The number of benzene rings is 1. The molecule has 0 fully saturated rings. The Morgan fingerprint density at radius 1 is 1.27 bits per heavy atom. The fraction of sp³-hybridized carbons (Fsp3) is 0.316. The molecule has 0 heterocycles. The van der Waals surface area contributed by atoms with Crippen molar-refractivity contribution in [3.63, 3.8) is 0 Å². The maximum absolute atomic E-state index is 10.6. The van der Waals surface area contributed by atoms with Crippen molar-refractivity contribution in [3.05, 3.63) is 65.0 Å². The zero-order valence-electron chi connectivity index (χ0n) is 13.5. The lowest BCUT2D eigenvalue weighted by Gasteiger charge is -2.32. The first kappa shape index (κ1) is 16.1. The summed E-state index contributed by atoms with van der Waals surface area (Å²) in [6.07, 6.45) is 7.94. The minimum atomic E-state index is -0.152. The lowest BCUT2D eigenvalue weighted by Crippen LogP contribution is -2.26. The molecule has 0 saturated heterocycles. The van der Waals surface area contributed by atoms with Crippen molar-refractivity contribution in [1.82, 2.24) is 0 Å². The number of aromatic hydroxyl groups is 1. The summed E-state index contributed by atoms with van der Waals surface area (Å²) < 4.78 is 5.00. The molecule has 0 amide bonds. The number of aryl methyl sites for hydroxylation is 1. The van der Waals surface area contributed by atoms with Gasteiger partial charge < -0.3 is 9.84 Å². The van der Waals surface area contributed by atoms with Gasteiger partial charge in [0, 0.05) is 5.92 Å². The van der Waals surface area contributed by atoms with Gasteiger partial charge >= 0.3 is 0 Å². The maximum Gasteiger partial charge on any atom is 0.298 e. The topological polar surface area (TPSA) is 46.5 Å². The first-order valence-corrected chi connectivity index (χ1v) is 7.34. The second-order valence-corrected chi connectivity index (χ2v) is 6.23. The molecule has 1 aliphatic rings. The third-order valence-electron chi connectivity index (χ3n) is 4.33. The molecule has 116 valence electrons. The van der Waals surface area contributed by atoms with Crippen molar-refractivity contribution >= 4 is 6.47 Å². The van der Waals surface area contributed by atoms with Crippen LogP contribution in [0.15, 0.2) is 53.8 Å². The molecule has 1 aliphatic carbocycles. The predicted octanol–water partition coefficient (Wildman–Crippen LogP) is 4.17. The Labute approximate surface area is 131 Å². The number of hydrogen-bond acceptors (Lipinski definition) is 3. The predicted molar refractivity (Wildman–Crippen MR) is 87.5 cm³/mol. The second kappa shape index (κ2) is 6.22. The molecular formula is C19H22O3. The van der Waals surface area contributed by atoms with Gasteiger partial charge in [0.1, 0.15) is 11.5 Å². The lowest BCUT2D eigenvalue weighted by molar-refractivity contribution is -0.124. The number of hydrogen-bond donors (Lipinski definition) is 1. The van der Waals surface area contributed by atoms with E-state index in [1.54, 1.807) is 12.1 Å². The van der Waals surface area contributed by atoms with Crippen LogP contribution in [0.1, 0.15) is 31.9 Å². The van der Waals surface area contributed by atoms with Gasteiger partial charge in [0.2, 0.25) is 0 Å². The van der Waals surface area contributed by atoms with Crippen LogP contribution in [0.25, 0.3) is 0 Å². The monoisotopic (exact) mass is 298 g/mol. The Balaban J connectivity index is 2.37. The molecule has 1 N–H and O–H groups in total. The Morgan fingerprint density at radius 3 is 2.64 bits per heavy atom. The molecule has 0 unspecified atom stereocenters. The maximum atomic E-state index is 10.6. The van der Waals surface area contributed by atoms with Gasteiger partial charge in [-0.05, 0) is 48.1 Å². The molecule has 1 aromatic rings. The molecular weight excluding hydrogens is 276 g/mol. The van der Waals surface area contributed by atoms with E-state index in [2.05, 4.69) is 26.0 Å². The van der Waals surface area contributed by atoms with Crippen LogP contribution in [0.3, 0.4) is 0 Å². The average molecular weight is 298 g/mol. The van der Waals surface area contributed by atoms with E-state index in [4.69, 9.17) is 4.74 Å². The van der Waals surface area contributed by atoms with Crippen molar-refractivity contribution < 1.29 is 14.6 Å². The van der Waals surface area contributed by atoms with E-state index < -0.39 is 0 Å². The molecule has 0 bridgehead atoms. The molecule has 22 heavy (non-hydrogen) atoms. The Hall–Kier alpha value is -2.29. The van der Waals surface area contributed by atoms with E-state index >= 15 is 0 Å². The van der Waals surface area contributed by atoms with Crippen LogP contribution in [0.5, 0.6) is 5.75 Å². The second-order valence-electron chi connectivity index (χ2n) is 6.23. The summed E-state index contributed by atoms with van der Waals surface area (Å²) in [5, 5.41) is 9.72. The van der Waals surface area contributed by atoms with E-state index in [1.807, 2.05) is 32.1 Å². The molecule has 0 spiro atoms. The molecule has 3 heteroatoms. The standard InChI is InChI=1S/C19H22O3/c1-13-10-16(8-9-17(13)21)19(3,4)15-6-5-7-18(22-12-20)14(2)11-15/h5-12,15,21H,1-4H3/t15-/m1/s1. The fourth-order valence-corrected chi connectivity index (χ4v) is 2.68. The number of ether oxygens (including phenoxy) is 1. The highest BCUT2D eigenvalue weighted by Crippen LogP contribution is 2.37. The Morgan fingerprint density at radius 2 is 2.00 bits per heavy atom. The van der Waals surface area contributed by atoms with E-state index in [0.29, 0.717) is 18.0 Å². The SMILES string of the molecule is CC1=C[C@H](C(C)(C)c2ccc(O)c(C)c2)C=CC=C1OC=O. The van der Waals surface area contributed by atoms with Gasteiger partial charge in [-0.15, -0.1) is 0 Å². The number of carbonyl (C=O) groups excluding carboxylic acids is 1. The molecule has 1 atom stereocenters. The molecule has 2 rings (SSSR count). The van der Waals surface area contributed by atoms with Crippen LogP contribution in [-0.2, 0) is 14.9 Å². The quantitative estimate of drug-likeness (QED) is 0.849. The van der Waals surface area contributed by atoms with Crippen molar-refractivity contribution in [1.29, 1.82) is 0 Å². The summed E-state index contributed by atoms with van der Waals surface area (Å²) >= 11 is 0. The average Bonchev–Trinajstić information content (AvgIpc) is 2.65. The van der Waals surface area contributed by atoms with Gasteiger partial charge in [-0.2, -0.15) is 0 Å². The van der Waals surface area contributed by atoms with E-state index in [0.717, 1.165) is 16.7 Å². The third kappa shape index (κ3) is 3.14. The van der Waals surface area contributed by atoms with Gasteiger partial charge in [0.05, 0.1) is 0 Å². The zero-order chi connectivity index (χ0) is 16.3. The van der Waals surface area contributed by atoms with Gasteiger partial charge in [0.15, 0.2) is 0 Å². The Kier molecular flexibility index (Phi) is 4.55. The zero-order valence-corrected chi connectivity index (χ0v) is 13.5. The van der Waals surface area contributed by atoms with Crippen LogP contribution in [0.4, 0.5) is 0 Å². The molecule has 3 nitrogen and oxygen atoms in total. The molecule has 0 saturated carbocycles. The van der Waals surface area contributed by atoms with E-state index in [9.17, 15) is 9.90 Å². The van der Waals surface area contributed by atoms with Gasteiger partial charge in [0.25, 0.3) is 6.47 Å². The number of phenols is 1. The van der Waals surface area contributed by atoms with Gasteiger partial charge in [-0.3, -0.25) is 4.79 Å². The van der Waals surface area contributed by atoms with Crippen LogP contribution in [0, 0.1) is 12.8 Å². The first-order chi connectivity index (χ1) is 10.4. The summed E-state index contributed by atoms with van der Waals surface area (Å²) in [7, 11) is 0. The summed E-state index contributed by atoms with van der Waals surface area (Å²) in [6, 6.07) is 5.72. The summed E-state index contributed by atoms with van der Waals surface area (Å²) in [5.41, 5.74) is 2.81. The van der Waals surface area contributed by atoms with Crippen LogP contribution in [-0.4, -0.2) is 11.6 Å². The number of phenolic OH excluding ortho intramolecular Hbond substituents is 1. The number of carbonyl (C=O) groups is 1. The third-order valence-corrected chi connectivity index (χ3v) is 4.33. The number of allylic oxidation sites excluding steroid dienone is 5. The normalized spacial score (nSPS) is 18.3. The number of rotatable bonds is 4. The van der Waals surface area contributed by atoms with Crippen LogP contribution < -0.4 is 0 Å². The highest BCUT2D eigenvalue weighted by Gasteiger charge is 2.29. The molecule has 0 radical (unpaired) electrons. The van der Waals surface area contributed by atoms with Crippen LogP contribution in [0.2, 0.25) is 0 Å². The first-order valence-electron chi connectivity index (χ1n) is 7.34. The smallest absolute Gasteiger partial charge is 0.298 e. The largest absolute Gasteiger partial charge is 0.508 e. The summed E-state index contributed by atoms with van der Waals surface area (Å²) in [5.74, 6) is 1.04. The minimum Gasteiger partial charge on any atom is -0.508 e. The molecule has 0 aliphatic heterocycles. The Bertz CT molecular complexity index is 663. The van der Waals surface area contributed by atoms with Crippen molar-refractivity contribution in [3.8, 4) is 5.75 Å². The van der Waals surface area contributed by atoms with Crippen molar-refractivity contribution in [2.24, 2.45) is 5.92 Å². The summed E-state index contributed by atoms with van der Waals surface area (Å²) in [6.45, 7) is 8.63. The molecule has 1 aromatic carbocycles. The van der Waals surface area contributed by atoms with Gasteiger partial charge in [-0.1, -0.05) is 44.2 Å². The van der Waals surface area contributed by atoms with E-state index in [-0.39, 0.29) is 11.3 Å². The highest BCUT2D eigenvalue weighted by molar-refractivity contribution is 5.46. The lowest BCUT2D eigenvalue weighted by atomic mass is 9.72. The van der Waals surface area contributed by atoms with Crippen LogP contribution >= 0.6 is 0 Å². The van der Waals surface area contributed by atoms with Crippen molar-refractivity contribution in [2.45, 2.75) is 33.1 Å². The van der Waals surface area contributed by atoms with Crippen molar-refractivity contribution in [2.75, 3.05) is 0 Å².